The number of halogens is 1. The monoisotopic (exact) mass is 586 g/mol. The summed E-state index contributed by atoms with van der Waals surface area (Å²) in [5.74, 6) is -0.668. The van der Waals surface area contributed by atoms with Gasteiger partial charge in [-0.1, -0.05) is 41.9 Å². The van der Waals surface area contributed by atoms with Crippen LogP contribution in [0.5, 0.6) is 0 Å². The zero-order chi connectivity index (χ0) is 29.6. The van der Waals surface area contributed by atoms with Crippen LogP contribution in [0.4, 0.5) is 11.4 Å². The Labute approximate surface area is 247 Å². The first-order valence-electron chi connectivity index (χ1n) is 13.7. The van der Waals surface area contributed by atoms with E-state index in [9.17, 15) is 19.2 Å². The highest BCUT2D eigenvalue weighted by Crippen LogP contribution is 2.22. The van der Waals surface area contributed by atoms with E-state index in [2.05, 4.69) is 20.5 Å². The summed E-state index contributed by atoms with van der Waals surface area (Å²) in [4.78, 5) is 59.4. The fraction of sp³-hybridized carbons (Fsp3) is 0.258. The van der Waals surface area contributed by atoms with E-state index >= 15 is 0 Å². The number of aromatic nitrogens is 2. The molecule has 1 fully saturated rings. The van der Waals surface area contributed by atoms with Gasteiger partial charge in [0.1, 0.15) is 6.54 Å². The number of para-hydroxylation sites is 1. The van der Waals surface area contributed by atoms with Crippen molar-refractivity contribution in [3.8, 4) is 0 Å². The van der Waals surface area contributed by atoms with Gasteiger partial charge in [0, 0.05) is 49.5 Å². The number of piperazine rings is 1. The summed E-state index contributed by atoms with van der Waals surface area (Å²) in [7, 11) is 0. The molecular weight excluding hydrogens is 556 g/mol. The normalized spacial score (nSPS) is 14.0. The molecule has 0 radical (unpaired) electrons. The largest absolute Gasteiger partial charge is 0.368 e. The van der Waals surface area contributed by atoms with Gasteiger partial charge in [-0.2, -0.15) is 0 Å². The molecule has 2 heterocycles. The van der Waals surface area contributed by atoms with Crippen molar-refractivity contribution in [3.63, 3.8) is 0 Å². The Morgan fingerprint density at radius 3 is 2.33 bits per heavy atom. The quantitative estimate of drug-likeness (QED) is 0.326. The lowest BCUT2D eigenvalue weighted by atomic mass is 10.0. The number of hydrogen-bond acceptors (Lipinski definition) is 6. The molecule has 0 aliphatic carbocycles. The molecule has 0 spiro atoms. The van der Waals surface area contributed by atoms with Gasteiger partial charge in [-0.3, -0.25) is 23.7 Å². The van der Waals surface area contributed by atoms with Gasteiger partial charge in [0.2, 0.25) is 17.7 Å². The van der Waals surface area contributed by atoms with Crippen molar-refractivity contribution in [1.82, 2.24) is 19.8 Å². The van der Waals surface area contributed by atoms with Crippen LogP contribution in [0.2, 0.25) is 5.02 Å². The molecule has 1 aromatic heterocycles. The van der Waals surface area contributed by atoms with Crippen LogP contribution in [0.3, 0.4) is 0 Å². The summed E-state index contributed by atoms with van der Waals surface area (Å²) in [5, 5.41) is 6.67. The lowest BCUT2D eigenvalue weighted by Crippen LogP contribution is -2.48. The number of nitrogens with zero attached hydrogens (tertiary/aromatic N) is 4. The highest BCUT2D eigenvalue weighted by Gasteiger charge is 2.21. The van der Waals surface area contributed by atoms with E-state index in [0.29, 0.717) is 53.4 Å². The van der Waals surface area contributed by atoms with Gasteiger partial charge in [-0.25, -0.2) is 4.98 Å². The Balaban J connectivity index is 1.31. The first-order valence-corrected chi connectivity index (χ1v) is 14.0. The highest BCUT2D eigenvalue weighted by atomic mass is 35.5. The Hall–Kier alpha value is -4.70. The summed E-state index contributed by atoms with van der Waals surface area (Å²) in [6, 6.07) is 20.8. The van der Waals surface area contributed by atoms with Crippen LogP contribution in [0.1, 0.15) is 24.9 Å². The third-order valence-electron chi connectivity index (χ3n) is 7.27. The fourth-order valence-electron chi connectivity index (χ4n) is 5.00. The third-order valence-corrected chi connectivity index (χ3v) is 7.52. The average Bonchev–Trinajstić information content (AvgIpc) is 2.99. The molecule has 1 saturated heterocycles. The number of hydrogen-bond donors (Lipinski definition) is 2. The van der Waals surface area contributed by atoms with E-state index in [1.165, 1.54) is 10.9 Å². The van der Waals surface area contributed by atoms with E-state index < -0.39 is 11.9 Å². The second-order valence-electron chi connectivity index (χ2n) is 10.2. The smallest absolute Gasteiger partial charge is 0.261 e. The number of carbonyl (C=O) groups excluding carboxylic acids is 3. The molecule has 10 nitrogen and oxygen atoms in total. The molecule has 4 aromatic rings. The van der Waals surface area contributed by atoms with Gasteiger partial charge in [0.15, 0.2) is 0 Å². The van der Waals surface area contributed by atoms with Crippen molar-refractivity contribution in [1.29, 1.82) is 0 Å². The highest BCUT2D eigenvalue weighted by molar-refractivity contribution is 6.30. The molecular formula is C31H31ClN6O4. The Bertz CT molecular complexity index is 1650. The maximum Gasteiger partial charge on any atom is 0.261 e. The lowest BCUT2D eigenvalue weighted by molar-refractivity contribution is -0.129. The number of amides is 3. The predicted octanol–water partition coefficient (Wildman–Crippen LogP) is 3.60. The fourth-order valence-corrected chi connectivity index (χ4v) is 5.12. The predicted molar refractivity (Wildman–Crippen MR) is 162 cm³/mol. The summed E-state index contributed by atoms with van der Waals surface area (Å²) < 4.78 is 1.26. The summed E-state index contributed by atoms with van der Waals surface area (Å²) in [6.45, 7) is 3.84. The molecule has 11 heteroatoms. The summed E-state index contributed by atoms with van der Waals surface area (Å²) in [5.41, 5.74) is 2.40. The topological polar surface area (TPSA) is 117 Å². The lowest BCUT2D eigenvalue weighted by Gasteiger charge is -2.35. The van der Waals surface area contributed by atoms with Gasteiger partial charge in [-0.15, -0.1) is 0 Å². The second kappa shape index (κ2) is 12.9. The third kappa shape index (κ3) is 6.95. The molecule has 1 aliphatic heterocycles. The number of rotatable bonds is 8. The van der Waals surface area contributed by atoms with Crippen molar-refractivity contribution >= 4 is 51.6 Å². The van der Waals surface area contributed by atoms with E-state index in [0.717, 1.165) is 5.69 Å². The first-order chi connectivity index (χ1) is 20.3. The zero-order valence-corrected chi connectivity index (χ0v) is 23.9. The van der Waals surface area contributed by atoms with Crippen LogP contribution < -0.4 is 21.1 Å². The van der Waals surface area contributed by atoms with Gasteiger partial charge >= 0.3 is 0 Å². The molecule has 1 atom stereocenters. The second-order valence-corrected chi connectivity index (χ2v) is 10.6. The minimum absolute atomic E-state index is 0.0204. The molecule has 3 amide bonds. The molecule has 2 N–H and O–H groups in total. The van der Waals surface area contributed by atoms with Crippen LogP contribution in [-0.2, 0) is 20.9 Å². The van der Waals surface area contributed by atoms with Crippen LogP contribution >= 0.6 is 11.6 Å². The van der Waals surface area contributed by atoms with E-state index in [1.54, 1.807) is 60.4 Å². The van der Waals surface area contributed by atoms with Crippen LogP contribution in [0.15, 0.2) is 83.9 Å². The van der Waals surface area contributed by atoms with Crippen LogP contribution in [-0.4, -0.2) is 58.4 Å². The van der Waals surface area contributed by atoms with Crippen LogP contribution in [0.25, 0.3) is 10.9 Å². The van der Waals surface area contributed by atoms with Crippen LogP contribution in [0, 0.1) is 0 Å². The Kier molecular flexibility index (Phi) is 8.83. The number of fused-ring (bicyclic) bond motifs is 1. The zero-order valence-electron chi connectivity index (χ0n) is 23.1. The minimum Gasteiger partial charge on any atom is -0.368 e. The van der Waals surface area contributed by atoms with E-state index in [4.69, 9.17) is 11.6 Å². The number of nitrogens with one attached hydrogen (secondary N) is 2. The SMILES string of the molecule is CC(=O)N1CCN(c2ccc3ncn(CC(=O)N[C@H](CC(=O)Nc4ccccc4)c4ccc(Cl)cc4)c(=O)c3c2)CC1. The van der Waals surface area contributed by atoms with Gasteiger partial charge in [0.25, 0.3) is 5.56 Å². The average molecular weight is 587 g/mol. The molecule has 0 bridgehead atoms. The maximum atomic E-state index is 13.4. The van der Waals surface area contributed by atoms with Gasteiger partial charge < -0.3 is 20.4 Å². The Morgan fingerprint density at radius 1 is 0.929 bits per heavy atom. The van der Waals surface area contributed by atoms with Gasteiger partial charge in [0.05, 0.1) is 29.7 Å². The van der Waals surface area contributed by atoms with Crippen molar-refractivity contribution < 1.29 is 14.4 Å². The summed E-state index contributed by atoms with van der Waals surface area (Å²) in [6.07, 6.45) is 1.34. The minimum atomic E-state index is -0.650. The van der Waals surface area contributed by atoms with Crippen molar-refractivity contribution in [2.24, 2.45) is 0 Å². The molecule has 1 aliphatic rings. The summed E-state index contributed by atoms with van der Waals surface area (Å²) >= 11 is 6.06. The molecule has 0 saturated carbocycles. The number of benzene rings is 3. The number of anilines is 2. The number of carbonyl (C=O) groups is 3. The van der Waals surface area contributed by atoms with Gasteiger partial charge in [-0.05, 0) is 48.0 Å². The first kappa shape index (κ1) is 28.8. The molecule has 3 aromatic carbocycles. The van der Waals surface area contributed by atoms with E-state index in [1.807, 2.05) is 24.3 Å². The maximum absolute atomic E-state index is 13.4. The van der Waals surface area contributed by atoms with Crippen molar-refractivity contribution in [2.45, 2.75) is 25.9 Å². The molecule has 216 valence electrons. The molecule has 5 rings (SSSR count). The Morgan fingerprint density at radius 2 is 1.64 bits per heavy atom. The standard InChI is InChI=1S/C31H31ClN6O4/c1-21(39)36-13-15-37(16-14-36)25-11-12-27-26(17-25)31(42)38(20-33-27)19-30(41)35-28(22-7-9-23(32)10-8-22)18-29(40)34-24-5-3-2-4-6-24/h2-12,17,20,28H,13-16,18-19H2,1H3,(H,34,40)(H,35,41)/t28-/m1/s1. The van der Waals surface area contributed by atoms with Crippen molar-refractivity contribution in [3.05, 3.63) is 100 Å². The van der Waals surface area contributed by atoms with Crippen molar-refractivity contribution in [2.75, 3.05) is 36.4 Å². The molecule has 42 heavy (non-hydrogen) atoms. The molecule has 0 unspecified atom stereocenters. The van der Waals surface area contributed by atoms with E-state index in [-0.39, 0.29) is 30.3 Å².